The number of nitrogens with zero attached hydrogens (tertiary/aromatic N) is 4. The lowest BCUT2D eigenvalue weighted by molar-refractivity contribution is 0.0896. The topological polar surface area (TPSA) is 122 Å². The van der Waals surface area contributed by atoms with Crippen molar-refractivity contribution in [3.05, 3.63) is 54.0 Å². The Morgan fingerprint density at radius 3 is 2.71 bits per heavy atom. The smallest absolute Gasteiger partial charge is 0.264 e. The molecule has 4 aromatic rings. The number of fused-ring (bicyclic) bond motifs is 1. The third-order valence-corrected chi connectivity index (χ3v) is 7.97. The highest BCUT2D eigenvalue weighted by Crippen LogP contribution is 2.31. The number of ether oxygens (including phenoxy) is 2. The summed E-state index contributed by atoms with van der Waals surface area (Å²) in [5.74, 6) is 0.225. The molecule has 1 aliphatic heterocycles. The number of sulfonamides is 1. The van der Waals surface area contributed by atoms with Crippen molar-refractivity contribution in [2.75, 3.05) is 31.5 Å². The van der Waals surface area contributed by atoms with Crippen LogP contribution in [-0.4, -0.2) is 66.3 Å². The third kappa shape index (κ3) is 5.27. The van der Waals surface area contributed by atoms with E-state index in [1.54, 1.807) is 24.3 Å². The lowest BCUT2D eigenvalue weighted by atomic mass is 10.1. The minimum absolute atomic E-state index is 0.0118. The largest absolute Gasteiger partial charge is 0.497 e. The minimum atomic E-state index is -4.18. The molecule has 1 aliphatic rings. The fourth-order valence-electron chi connectivity index (χ4n) is 4.51. The summed E-state index contributed by atoms with van der Waals surface area (Å²) in [4.78, 5) is 11.2. The number of likely N-dealkylation sites (N-methyl/N-ethyl adjacent to an activating group) is 1. The monoisotopic (exact) mass is 540 g/mol. The van der Waals surface area contributed by atoms with Crippen molar-refractivity contribution >= 4 is 26.7 Å². The second-order valence-electron chi connectivity index (χ2n) is 9.15. The van der Waals surface area contributed by atoms with Gasteiger partial charge in [-0.1, -0.05) is 6.92 Å². The molecule has 1 unspecified atom stereocenters. The normalized spacial score (nSPS) is 16.5. The van der Waals surface area contributed by atoms with Crippen molar-refractivity contribution < 1.29 is 22.3 Å². The molecular weight excluding hydrogens is 511 g/mol. The van der Waals surface area contributed by atoms with Crippen LogP contribution in [0, 0.1) is 12.7 Å². The minimum Gasteiger partial charge on any atom is -0.497 e. The van der Waals surface area contributed by atoms with E-state index in [2.05, 4.69) is 31.7 Å². The Bertz CT molecular complexity index is 1560. The van der Waals surface area contributed by atoms with Gasteiger partial charge in [0.2, 0.25) is 5.88 Å². The summed E-state index contributed by atoms with van der Waals surface area (Å²) in [5.41, 5.74) is 2.21. The predicted octanol–water partition coefficient (Wildman–Crippen LogP) is 4.14. The zero-order valence-electron chi connectivity index (χ0n) is 21.4. The maximum Gasteiger partial charge on any atom is 0.264 e. The summed E-state index contributed by atoms with van der Waals surface area (Å²) in [6.45, 7) is 6.90. The van der Waals surface area contributed by atoms with Crippen LogP contribution in [0.2, 0.25) is 0 Å². The highest BCUT2D eigenvalue weighted by Gasteiger charge is 2.24. The number of anilines is 1. The van der Waals surface area contributed by atoms with Gasteiger partial charge in [0.15, 0.2) is 11.5 Å². The number of hydrogen-bond donors (Lipinski definition) is 2. The first-order valence-corrected chi connectivity index (χ1v) is 13.8. The van der Waals surface area contributed by atoms with Gasteiger partial charge in [-0.3, -0.25) is 14.7 Å². The van der Waals surface area contributed by atoms with Crippen molar-refractivity contribution in [1.29, 1.82) is 0 Å². The van der Waals surface area contributed by atoms with E-state index in [-0.39, 0.29) is 17.5 Å². The Hall–Kier alpha value is -3.77. The molecule has 38 heavy (non-hydrogen) atoms. The van der Waals surface area contributed by atoms with Crippen LogP contribution in [0.3, 0.4) is 0 Å². The molecule has 12 heteroatoms. The maximum absolute atomic E-state index is 14.3. The number of likely N-dealkylation sites (tertiary alicyclic amines) is 1. The van der Waals surface area contributed by atoms with Crippen LogP contribution in [0.15, 0.2) is 47.4 Å². The first kappa shape index (κ1) is 25.9. The van der Waals surface area contributed by atoms with Gasteiger partial charge in [-0.05, 0) is 69.3 Å². The lowest BCUT2D eigenvalue weighted by Gasteiger charge is -2.31. The van der Waals surface area contributed by atoms with Crippen molar-refractivity contribution in [2.45, 2.75) is 37.7 Å². The van der Waals surface area contributed by atoms with Gasteiger partial charge < -0.3 is 9.47 Å². The fraction of sp³-hybridized carbons (Fsp3) is 0.346. The van der Waals surface area contributed by atoms with Gasteiger partial charge in [-0.25, -0.2) is 17.8 Å². The Kier molecular flexibility index (Phi) is 7.17. The second-order valence-corrected chi connectivity index (χ2v) is 10.8. The Morgan fingerprint density at radius 2 is 1.97 bits per heavy atom. The molecule has 3 heterocycles. The molecule has 0 aliphatic carbocycles. The number of aryl methyl sites for hydroxylation is 1. The zero-order chi connectivity index (χ0) is 26.9. The van der Waals surface area contributed by atoms with Crippen LogP contribution >= 0.6 is 0 Å². The molecule has 0 amide bonds. The van der Waals surface area contributed by atoms with Gasteiger partial charge in [0.25, 0.3) is 10.0 Å². The maximum atomic E-state index is 14.3. The molecule has 1 fully saturated rings. The number of hydrogen-bond acceptors (Lipinski definition) is 8. The quantitative estimate of drug-likeness (QED) is 0.342. The molecule has 0 bridgehead atoms. The summed E-state index contributed by atoms with van der Waals surface area (Å²) in [6.07, 6.45) is 2.01. The Labute approximate surface area is 220 Å². The van der Waals surface area contributed by atoms with Crippen LogP contribution < -0.4 is 14.2 Å². The average molecular weight is 541 g/mol. The molecule has 2 aromatic carbocycles. The van der Waals surface area contributed by atoms with Crippen LogP contribution in [-0.2, 0) is 10.0 Å². The number of rotatable bonds is 8. The Morgan fingerprint density at radius 1 is 1.18 bits per heavy atom. The van der Waals surface area contributed by atoms with E-state index in [0.717, 1.165) is 55.7 Å². The first-order chi connectivity index (χ1) is 18.3. The van der Waals surface area contributed by atoms with Gasteiger partial charge in [-0.15, -0.1) is 0 Å². The second kappa shape index (κ2) is 10.5. The number of nitrogens with one attached hydrogen (secondary N) is 2. The average Bonchev–Trinajstić information content (AvgIpc) is 3.30. The molecule has 2 aromatic heterocycles. The SMILES string of the molecule is CCN1CCCC(Oc2nc(-c3ccc(NS(=O)(=O)c4cc(OC)ccc4F)cc3)nc3n[nH]c(C)c23)C1. The highest BCUT2D eigenvalue weighted by molar-refractivity contribution is 7.92. The molecule has 0 radical (unpaired) electrons. The van der Waals surface area contributed by atoms with Crippen LogP contribution in [0.4, 0.5) is 10.1 Å². The van der Waals surface area contributed by atoms with Crippen LogP contribution in [0.5, 0.6) is 11.6 Å². The fourth-order valence-corrected chi connectivity index (χ4v) is 5.67. The number of benzene rings is 2. The molecule has 10 nitrogen and oxygen atoms in total. The van der Waals surface area contributed by atoms with E-state index < -0.39 is 20.7 Å². The first-order valence-electron chi connectivity index (χ1n) is 12.4. The summed E-state index contributed by atoms with van der Waals surface area (Å²) < 4.78 is 53.7. The Balaban J connectivity index is 1.41. The number of methoxy groups -OCH3 is 1. The molecule has 1 saturated heterocycles. The number of H-pyrrole nitrogens is 1. The number of aromatic nitrogens is 4. The molecular formula is C26H29FN6O4S. The van der Waals surface area contributed by atoms with E-state index in [0.29, 0.717) is 22.9 Å². The van der Waals surface area contributed by atoms with Gasteiger partial charge in [-0.2, -0.15) is 10.1 Å². The van der Waals surface area contributed by atoms with Crippen molar-refractivity contribution in [1.82, 2.24) is 25.1 Å². The van der Waals surface area contributed by atoms with Gasteiger partial charge in [0, 0.05) is 29.6 Å². The van der Waals surface area contributed by atoms with E-state index in [4.69, 9.17) is 14.5 Å². The van der Waals surface area contributed by atoms with Gasteiger partial charge in [0.05, 0.1) is 7.11 Å². The van der Waals surface area contributed by atoms with Crippen molar-refractivity contribution in [3.63, 3.8) is 0 Å². The lowest BCUT2D eigenvalue weighted by Crippen LogP contribution is -2.41. The molecule has 0 spiro atoms. The summed E-state index contributed by atoms with van der Waals surface area (Å²) in [6, 6.07) is 10.0. The number of aromatic amines is 1. The number of piperidine rings is 1. The van der Waals surface area contributed by atoms with E-state index >= 15 is 0 Å². The molecule has 0 saturated carbocycles. The molecule has 200 valence electrons. The van der Waals surface area contributed by atoms with Crippen LogP contribution in [0.25, 0.3) is 22.4 Å². The third-order valence-electron chi connectivity index (χ3n) is 6.57. The number of halogens is 1. The van der Waals surface area contributed by atoms with Gasteiger partial charge in [0.1, 0.15) is 28.0 Å². The zero-order valence-corrected chi connectivity index (χ0v) is 22.2. The highest BCUT2D eigenvalue weighted by atomic mass is 32.2. The van der Waals surface area contributed by atoms with Gasteiger partial charge >= 0.3 is 0 Å². The predicted molar refractivity (Wildman–Crippen MR) is 141 cm³/mol. The summed E-state index contributed by atoms with van der Waals surface area (Å²) >= 11 is 0. The standard InChI is InChI=1S/C26H29FN6O4S/c1-4-33-13-5-6-20(15-33)37-26-23-16(2)30-31-25(23)28-24(29-26)17-7-9-18(10-8-17)32-38(34,35)22-14-19(36-3)11-12-21(22)27/h7-12,14,20,32H,4-6,13,15H2,1-3H3,(H,28,29,30,31). The molecule has 5 rings (SSSR count). The molecule has 2 N–H and O–H groups in total. The van der Waals surface area contributed by atoms with Crippen molar-refractivity contribution in [3.8, 4) is 23.0 Å². The van der Waals surface area contributed by atoms with E-state index in [1.165, 1.54) is 13.2 Å². The van der Waals surface area contributed by atoms with E-state index in [1.807, 2.05) is 6.92 Å². The molecule has 1 atom stereocenters. The van der Waals surface area contributed by atoms with E-state index in [9.17, 15) is 12.8 Å². The summed E-state index contributed by atoms with van der Waals surface area (Å²) in [5, 5.41) is 8.01. The summed E-state index contributed by atoms with van der Waals surface area (Å²) in [7, 11) is -2.80. The van der Waals surface area contributed by atoms with Crippen LogP contribution in [0.1, 0.15) is 25.5 Å². The van der Waals surface area contributed by atoms with Crippen molar-refractivity contribution in [2.24, 2.45) is 0 Å².